The number of hydrogen-bond donors (Lipinski definition) is 1. The first-order valence-corrected chi connectivity index (χ1v) is 8.16. The average molecular weight is 344 g/mol. The second kappa shape index (κ2) is 7.01. The molecule has 0 saturated carbocycles. The molecule has 0 spiro atoms. The van der Waals surface area contributed by atoms with Gasteiger partial charge >= 0.3 is 0 Å². The minimum atomic E-state index is -0.360. The quantitative estimate of drug-likeness (QED) is 0.928. The van der Waals surface area contributed by atoms with Gasteiger partial charge in [0.15, 0.2) is 0 Å². The highest BCUT2D eigenvalue weighted by molar-refractivity contribution is 6.31. The summed E-state index contributed by atoms with van der Waals surface area (Å²) in [4.78, 5) is 30.4. The van der Waals surface area contributed by atoms with Gasteiger partial charge in [0.2, 0.25) is 11.8 Å². The maximum absolute atomic E-state index is 12.3. The summed E-state index contributed by atoms with van der Waals surface area (Å²) >= 11 is 6.13. The molecular weight excluding hydrogens is 326 g/mol. The fourth-order valence-electron chi connectivity index (χ4n) is 2.71. The van der Waals surface area contributed by atoms with E-state index in [1.54, 1.807) is 17.2 Å². The van der Waals surface area contributed by atoms with Crippen LogP contribution in [-0.4, -0.2) is 23.3 Å². The van der Waals surface area contributed by atoms with Crippen molar-refractivity contribution in [3.05, 3.63) is 58.9 Å². The van der Waals surface area contributed by atoms with E-state index >= 15 is 0 Å². The Kier molecular flexibility index (Phi) is 4.81. The Morgan fingerprint density at radius 1 is 1.38 bits per heavy atom. The Hall–Kier alpha value is -2.40. The molecule has 2 aromatic rings. The Balaban J connectivity index is 1.63. The molecule has 6 heteroatoms. The largest absolute Gasteiger partial charge is 0.350 e. The van der Waals surface area contributed by atoms with Gasteiger partial charge in [-0.15, -0.1) is 0 Å². The third-order valence-corrected chi connectivity index (χ3v) is 4.54. The summed E-state index contributed by atoms with van der Waals surface area (Å²) in [5.74, 6) is -0.552. The normalized spacial score (nSPS) is 17.2. The highest BCUT2D eigenvalue weighted by Crippen LogP contribution is 2.28. The van der Waals surface area contributed by atoms with E-state index in [0.717, 1.165) is 16.9 Å². The lowest BCUT2D eigenvalue weighted by atomic mass is 10.1. The number of halogens is 1. The molecule has 1 aromatic carbocycles. The molecule has 0 unspecified atom stereocenters. The van der Waals surface area contributed by atoms with E-state index in [1.165, 1.54) is 0 Å². The zero-order valence-corrected chi connectivity index (χ0v) is 14.1. The van der Waals surface area contributed by atoms with Gasteiger partial charge in [0, 0.05) is 29.9 Å². The molecule has 1 aliphatic rings. The van der Waals surface area contributed by atoms with Crippen molar-refractivity contribution in [3.63, 3.8) is 0 Å². The van der Waals surface area contributed by atoms with E-state index in [4.69, 9.17) is 11.6 Å². The summed E-state index contributed by atoms with van der Waals surface area (Å²) in [7, 11) is 0. The van der Waals surface area contributed by atoms with Crippen molar-refractivity contribution in [1.29, 1.82) is 0 Å². The van der Waals surface area contributed by atoms with Gasteiger partial charge in [-0.1, -0.05) is 23.7 Å². The molecule has 1 aromatic heterocycles. The van der Waals surface area contributed by atoms with Gasteiger partial charge in [-0.3, -0.25) is 14.6 Å². The number of rotatable bonds is 4. The van der Waals surface area contributed by atoms with Crippen LogP contribution in [0.5, 0.6) is 0 Å². The molecule has 5 nitrogen and oxygen atoms in total. The van der Waals surface area contributed by atoms with Gasteiger partial charge < -0.3 is 10.2 Å². The van der Waals surface area contributed by atoms with Gasteiger partial charge in [-0.25, -0.2) is 0 Å². The van der Waals surface area contributed by atoms with Gasteiger partial charge in [-0.05, 0) is 36.8 Å². The van der Waals surface area contributed by atoms with E-state index < -0.39 is 0 Å². The number of benzene rings is 1. The minimum absolute atomic E-state index is 0.0621. The second-order valence-corrected chi connectivity index (χ2v) is 6.28. The van der Waals surface area contributed by atoms with Gasteiger partial charge in [-0.2, -0.15) is 0 Å². The molecule has 1 saturated heterocycles. The summed E-state index contributed by atoms with van der Waals surface area (Å²) in [6, 6.07) is 11.0. The average Bonchev–Trinajstić information content (AvgIpc) is 2.98. The first-order valence-electron chi connectivity index (χ1n) is 7.79. The van der Waals surface area contributed by atoms with Crippen molar-refractivity contribution in [1.82, 2.24) is 10.3 Å². The third kappa shape index (κ3) is 3.57. The van der Waals surface area contributed by atoms with Crippen LogP contribution in [0.15, 0.2) is 42.6 Å². The Morgan fingerprint density at radius 2 is 2.21 bits per heavy atom. The Labute approximate surface area is 145 Å². The molecule has 0 radical (unpaired) electrons. The fourth-order valence-corrected chi connectivity index (χ4v) is 2.88. The monoisotopic (exact) mass is 343 g/mol. The van der Waals surface area contributed by atoms with E-state index in [-0.39, 0.29) is 24.2 Å². The van der Waals surface area contributed by atoms with Crippen molar-refractivity contribution in [2.75, 3.05) is 11.4 Å². The molecule has 1 N–H and O–H groups in total. The third-order valence-electron chi connectivity index (χ3n) is 4.13. The van der Waals surface area contributed by atoms with Crippen molar-refractivity contribution in [2.24, 2.45) is 5.92 Å². The van der Waals surface area contributed by atoms with Crippen LogP contribution in [0.3, 0.4) is 0 Å². The first-order chi connectivity index (χ1) is 11.5. The number of anilines is 1. The van der Waals surface area contributed by atoms with Crippen molar-refractivity contribution in [3.8, 4) is 0 Å². The van der Waals surface area contributed by atoms with Gasteiger partial charge in [0.05, 0.1) is 18.2 Å². The fraction of sp³-hybridized carbons (Fsp3) is 0.278. The minimum Gasteiger partial charge on any atom is -0.350 e. The number of carbonyl (C=O) groups excluding carboxylic acids is 2. The predicted octanol–water partition coefficient (Wildman–Crippen LogP) is 2.71. The van der Waals surface area contributed by atoms with Crippen LogP contribution in [-0.2, 0) is 16.1 Å². The lowest BCUT2D eigenvalue weighted by Gasteiger charge is -2.17. The molecule has 1 atom stereocenters. The number of nitrogens with zero attached hydrogens (tertiary/aromatic N) is 2. The molecule has 24 heavy (non-hydrogen) atoms. The maximum Gasteiger partial charge on any atom is 0.227 e. The zero-order chi connectivity index (χ0) is 17.1. The number of hydrogen-bond acceptors (Lipinski definition) is 3. The van der Waals surface area contributed by atoms with Crippen LogP contribution in [0.1, 0.15) is 17.7 Å². The number of amides is 2. The van der Waals surface area contributed by atoms with E-state index in [9.17, 15) is 9.59 Å². The SMILES string of the molecule is Cc1ccc(N2C[C@H](C(=O)NCc3ccccn3)CC2=O)cc1Cl. The highest BCUT2D eigenvalue weighted by Gasteiger charge is 2.35. The van der Waals surface area contributed by atoms with E-state index in [0.29, 0.717) is 18.1 Å². The summed E-state index contributed by atoms with van der Waals surface area (Å²) in [5.41, 5.74) is 2.48. The van der Waals surface area contributed by atoms with Crippen LogP contribution in [0, 0.1) is 12.8 Å². The smallest absolute Gasteiger partial charge is 0.227 e. The molecule has 1 fully saturated rings. The molecular formula is C18H18ClN3O2. The molecule has 124 valence electrons. The van der Waals surface area contributed by atoms with Crippen molar-refractivity contribution >= 4 is 29.1 Å². The van der Waals surface area contributed by atoms with Crippen LogP contribution >= 0.6 is 11.6 Å². The molecule has 3 rings (SSSR count). The lowest BCUT2D eigenvalue weighted by Crippen LogP contribution is -2.32. The van der Waals surface area contributed by atoms with Crippen LogP contribution in [0.2, 0.25) is 5.02 Å². The maximum atomic E-state index is 12.3. The predicted molar refractivity (Wildman–Crippen MR) is 92.7 cm³/mol. The number of nitrogens with one attached hydrogen (secondary N) is 1. The number of carbonyl (C=O) groups is 2. The molecule has 1 aliphatic heterocycles. The Bertz CT molecular complexity index is 764. The van der Waals surface area contributed by atoms with E-state index in [2.05, 4.69) is 10.3 Å². The number of pyridine rings is 1. The van der Waals surface area contributed by atoms with Crippen LogP contribution in [0.25, 0.3) is 0 Å². The molecule has 0 bridgehead atoms. The molecule has 2 heterocycles. The first kappa shape index (κ1) is 16.5. The van der Waals surface area contributed by atoms with Crippen molar-refractivity contribution in [2.45, 2.75) is 19.9 Å². The highest BCUT2D eigenvalue weighted by atomic mass is 35.5. The second-order valence-electron chi connectivity index (χ2n) is 5.88. The number of aromatic nitrogens is 1. The van der Waals surface area contributed by atoms with Crippen molar-refractivity contribution < 1.29 is 9.59 Å². The summed E-state index contributed by atoms with van der Waals surface area (Å²) in [6.07, 6.45) is 1.89. The standard InChI is InChI=1S/C18H18ClN3O2/c1-12-5-6-15(9-16(12)19)22-11-13(8-17(22)23)18(24)21-10-14-4-2-3-7-20-14/h2-7,9,13H,8,10-11H2,1H3,(H,21,24)/t13-/m1/s1. The van der Waals surface area contributed by atoms with Crippen LogP contribution < -0.4 is 10.2 Å². The number of aryl methyl sites for hydroxylation is 1. The molecule has 0 aliphatic carbocycles. The van der Waals surface area contributed by atoms with Gasteiger partial charge in [0.25, 0.3) is 0 Å². The lowest BCUT2D eigenvalue weighted by molar-refractivity contribution is -0.126. The summed E-state index contributed by atoms with van der Waals surface area (Å²) in [5, 5.41) is 3.46. The molecule has 2 amide bonds. The van der Waals surface area contributed by atoms with Gasteiger partial charge in [0.1, 0.15) is 0 Å². The Morgan fingerprint density at radius 3 is 2.92 bits per heavy atom. The zero-order valence-electron chi connectivity index (χ0n) is 13.3. The summed E-state index contributed by atoms with van der Waals surface area (Å²) < 4.78 is 0. The van der Waals surface area contributed by atoms with E-state index in [1.807, 2.05) is 37.3 Å². The topological polar surface area (TPSA) is 62.3 Å². The summed E-state index contributed by atoms with van der Waals surface area (Å²) in [6.45, 7) is 2.64. The van der Waals surface area contributed by atoms with Crippen LogP contribution in [0.4, 0.5) is 5.69 Å².